The molecule has 0 aliphatic rings. The van der Waals surface area contributed by atoms with Gasteiger partial charge in [-0.2, -0.15) is 0 Å². The van der Waals surface area contributed by atoms with Crippen molar-refractivity contribution in [3.05, 3.63) is 54.6 Å². The van der Waals surface area contributed by atoms with Crippen LogP contribution in [0.4, 0.5) is 16.2 Å². The molecule has 3 amide bonds. The second-order valence-electron chi connectivity index (χ2n) is 6.34. The molecule has 2 aromatic rings. The second kappa shape index (κ2) is 10.2. The van der Waals surface area contributed by atoms with Gasteiger partial charge in [0.15, 0.2) is 0 Å². The molecule has 4 N–H and O–H groups in total. The molecule has 0 aliphatic heterocycles. The highest BCUT2D eigenvalue weighted by molar-refractivity contribution is 5.94. The van der Waals surface area contributed by atoms with Crippen LogP contribution in [0.2, 0.25) is 0 Å². The number of urea groups is 1. The maximum atomic E-state index is 12.0. The van der Waals surface area contributed by atoms with Crippen molar-refractivity contribution in [3.8, 4) is 5.75 Å². The molecule has 0 spiro atoms. The average molecular weight is 371 g/mol. The molecule has 1 unspecified atom stereocenters. The maximum Gasteiger partial charge on any atom is 0.319 e. The lowest BCUT2D eigenvalue weighted by atomic mass is 10.2. The first-order valence-electron chi connectivity index (χ1n) is 8.75. The Morgan fingerprint density at radius 3 is 2.33 bits per heavy atom. The number of hydrogen-bond acceptors (Lipinski definition) is 4. The molecule has 0 fully saturated rings. The molecule has 0 bridgehead atoms. The number of aliphatic hydroxyl groups excluding tert-OH is 1. The van der Waals surface area contributed by atoms with E-state index in [0.29, 0.717) is 17.1 Å². The van der Waals surface area contributed by atoms with Gasteiger partial charge in [0.25, 0.3) is 0 Å². The van der Waals surface area contributed by atoms with Crippen molar-refractivity contribution in [1.29, 1.82) is 0 Å². The molecular formula is C20H25N3O4. The summed E-state index contributed by atoms with van der Waals surface area (Å²) in [6, 6.07) is 15.5. The number of benzene rings is 2. The van der Waals surface area contributed by atoms with Gasteiger partial charge in [0.2, 0.25) is 5.91 Å². The van der Waals surface area contributed by atoms with E-state index in [1.165, 1.54) is 0 Å². The molecule has 0 heterocycles. The largest absolute Gasteiger partial charge is 0.491 e. The summed E-state index contributed by atoms with van der Waals surface area (Å²) in [5.41, 5.74) is 1.13. The van der Waals surface area contributed by atoms with Crippen LogP contribution in [0, 0.1) is 5.92 Å². The number of aliphatic hydroxyl groups is 1. The standard InChI is InChI=1S/C20H25N3O4/c1-14(2)19(25)22-15-7-6-8-16(11-15)23-20(26)21-12-17(24)13-27-18-9-4-3-5-10-18/h3-11,14,17,24H,12-13H2,1-2H3,(H,22,25)(H2,21,23,26). The molecule has 27 heavy (non-hydrogen) atoms. The van der Waals surface area contributed by atoms with Crippen LogP contribution >= 0.6 is 0 Å². The molecule has 2 aromatic carbocycles. The maximum absolute atomic E-state index is 12.0. The fourth-order valence-corrected chi connectivity index (χ4v) is 2.12. The Morgan fingerprint density at radius 1 is 1.00 bits per heavy atom. The van der Waals surface area contributed by atoms with Gasteiger partial charge in [0.05, 0.1) is 0 Å². The third-order valence-electron chi connectivity index (χ3n) is 3.60. The summed E-state index contributed by atoms with van der Waals surface area (Å²) in [5.74, 6) is 0.420. The predicted molar refractivity (Wildman–Crippen MR) is 105 cm³/mol. The van der Waals surface area contributed by atoms with E-state index >= 15 is 0 Å². The van der Waals surface area contributed by atoms with Gasteiger partial charge < -0.3 is 25.8 Å². The van der Waals surface area contributed by atoms with Crippen molar-refractivity contribution in [2.24, 2.45) is 5.92 Å². The molecule has 0 saturated carbocycles. The van der Waals surface area contributed by atoms with Crippen molar-refractivity contribution in [2.45, 2.75) is 20.0 Å². The molecule has 144 valence electrons. The van der Waals surface area contributed by atoms with Crippen LogP contribution < -0.4 is 20.7 Å². The summed E-state index contributed by atoms with van der Waals surface area (Å²) < 4.78 is 5.43. The monoisotopic (exact) mass is 371 g/mol. The zero-order chi connectivity index (χ0) is 19.6. The molecule has 1 atom stereocenters. The van der Waals surface area contributed by atoms with Crippen molar-refractivity contribution in [2.75, 3.05) is 23.8 Å². The quantitative estimate of drug-likeness (QED) is 0.573. The minimum atomic E-state index is -0.840. The van der Waals surface area contributed by atoms with Gasteiger partial charge in [-0.05, 0) is 30.3 Å². The second-order valence-corrected chi connectivity index (χ2v) is 6.34. The zero-order valence-electron chi connectivity index (χ0n) is 15.4. The van der Waals surface area contributed by atoms with Crippen LogP contribution in [-0.2, 0) is 4.79 Å². The lowest BCUT2D eigenvalue weighted by Crippen LogP contribution is -2.37. The highest BCUT2D eigenvalue weighted by Gasteiger charge is 2.10. The third-order valence-corrected chi connectivity index (χ3v) is 3.60. The van der Waals surface area contributed by atoms with Crippen LogP contribution in [-0.4, -0.2) is 36.3 Å². The minimum Gasteiger partial charge on any atom is -0.491 e. The first-order valence-corrected chi connectivity index (χ1v) is 8.75. The van der Waals surface area contributed by atoms with E-state index in [4.69, 9.17) is 4.74 Å². The minimum absolute atomic E-state index is 0.0441. The Morgan fingerprint density at radius 2 is 1.67 bits per heavy atom. The van der Waals surface area contributed by atoms with Crippen molar-refractivity contribution < 1.29 is 19.4 Å². The number of para-hydroxylation sites is 1. The van der Waals surface area contributed by atoms with Crippen molar-refractivity contribution >= 4 is 23.3 Å². The van der Waals surface area contributed by atoms with Gasteiger partial charge in [-0.3, -0.25) is 4.79 Å². The number of amides is 3. The van der Waals surface area contributed by atoms with E-state index in [1.54, 1.807) is 50.2 Å². The molecule has 0 radical (unpaired) electrons. The molecule has 7 heteroatoms. The third kappa shape index (κ3) is 7.37. The lowest BCUT2D eigenvalue weighted by Gasteiger charge is -2.14. The number of anilines is 2. The number of rotatable bonds is 8. The highest BCUT2D eigenvalue weighted by atomic mass is 16.5. The average Bonchev–Trinajstić information content (AvgIpc) is 2.65. The molecular weight excluding hydrogens is 346 g/mol. The van der Waals surface area contributed by atoms with Crippen LogP contribution in [0.1, 0.15) is 13.8 Å². The summed E-state index contributed by atoms with van der Waals surface area (Å²) in [7, 11) is 0. The van der Waals surface area contributed by atoms with Gasteiger partial charge in [0, 0.05) is 23.8 Å². The topological polar surface area (TPSA) is 99.7 Å². The first kappa shape index (κ1) is 20.3. The number of nitrogens with one attached hydrogen (secondary N) is 3. The molecule has 0 aliphatic carbocycles. The van der Waals surface area contributed by atoms with E-state index < -0.39 is 12.1 Å². The summed E-state index contributed by atoms with van der Waals surface area (Å²) in [4.78, 5) is 23.7. The Bertz CT molecular complexity index is 750. The van der Waals surface area contributed by atoms with E-state index in [2.05, 4.69) is 16.0 Å². The van der Waals surface area contributed by atoms with E-state index in [0.717, 1.165) is 0 Å². The molecule has 7 nitrogen and oxygen atoms in total. The summed E-state index contributed by atoms with van der Waals surface area (Å²) >= 11 is 0. The SMILES string of the molecule is CC(C)C(=O)Nc1cccc(NC(=O)NCC(O)COc2ccccc2)c1. The Balaban J connectivity index is 1.75. The Labute approximate surface area is 158 Å². The van der Waals surface area contributed by atoms with Crippen LogP contribution in [0.3, 0.4) is 0 Å². The van der Waals surface area contributed by atoms with Gasteiger partial charge >= 0.3 is 6.03 Å². The smallest absolute Gasteiger partial charge is 0.319 e. The lowest BCUT2D eigenvalue weighted by molar-refractivity contribution is -0.118. The Hall–Kier alpha value is -3.06. The fraction of sp³-hybridized carbons (Fsp3) is 0.300. The number of carbonyl (C=O) groups is 2. The summed E-state index contributed by atoms with van der Waals surface area (Å²) in [5, 5.41) is 17.9. The summed E-state index contributed by atoms with van der Waals surface area (Å²) in [6.45, 7) is 3.72. The number of carbonyl (C=O) groups excluding carboxylic acids is 2. The molecule has 0 saturated heterocycles. The van der Waals surface area contributed by atoms with Crippen LogP contribution in [0.15, 0.2) is 54.6 Å². The van der Waals surface area contributed by atoms with Crippen molar-refractivity contribution in [1.82, 2.24) is 5.32 Å². The fourth-order valence-electron chi connectivity index (χ4n) is 2.12. The number of hydrogen-bond donors (Lipinski definition) is 4. The van der Waals surface area contributed by atoms with E-state index in [-0.39, 0.29) is 25.0 Å². The normalized spacial score (nSPS) is 11.6. The predicted octanol–water partition coefficient (Wildman–Crippen LogP) is 2.84. The summed E-state index contributed by atoms with van der Waals surface area (Å²) in [6.07, 6.45) is -0.840. The van der Waals surface area contributed by atoms with E-state index in [1.807, 2.05) is 18.2 Å². The Kier molecular flexibility index (Phi) is 7.63. The van der Waals surface area contributed by atoms with Crippen LogP contribution in [0.25, 0.3) is 0 Å². The van der Waals surface area contributed by atoms with Gasteiger partial charge in [-0.25, -0.2) is 4.79 Å². The van der Waals surface area contributed by atoms with Gasteiger partial charge in [-0.1, -0.05) is 38.1 Å². The molecule has 2 rings (SSSR count). The van der Waals surface area contributed by atoms with E-state index in [9.17, 15) is 14.7 Å². The molecule has 0 aromatic heterocycles. The highest BCUT2D eigenvalue weighted by Crippen LogP contribution is 2.16. The van der Waals surface area contributed by atoms with Crippen LogP contribution in [0.5, 0.6) is 5.75 Å². The van der Waals surface area contributed by atoms with Gasteiger partial charge in [0.1, 0.15) is 18.5 Å². The van der Waals surface area contributed by atoms with Gasteiger partial charge in [-0.15, -0.1) is 0 Å². The zero-order valence-corrected chi connectivity index (χ0v) is 15.4. The van der Waals surface area contributed by atoms with Crippen molar-refractivity contribution in [3.63, 3.8) is 0 Å². The number of ether oxygens (including phenoxy) is 1. The first-order chi connectivity index (χ1) is 12.9.